The van der Waals surface area contributed by atoms with Crippen LogP contribution in [-0.2, 0) is 0 Å². The molecule has 1 aliphatic rings. The lowest BCUT2D eigenvalue weighted by Gasteiger charge is -2.35. The number of hydrogen-bond donors (Lipinski definition) is 1. The molecule has 2 aromatic heterocycles. The van der Waals surface area contributed by atoms with E-state index in [0.29, 0.717) is 27.6 Å². The second-order valence-corrected chi connectivity index (χ2v) is 8.78. The quantitative estimate of drug-likeness (QED) is 0.466. The number of anilines is 2. The van der Waals surface area contributed by atoms with Gasteiger partial charge in [-0.1, -0.05) is 30.7 Å². The molecule has 0 amide bonds. The summed E-state index contributed by atoms with van der Waals surface area (Å²) in [6, 6.07) is 12.7. The van der Waals surface area contributed by atoms with Crippen molar-refractivity contribution < 1.29 is 4.39 Å². The maximum atomic E-state index is 15.0. The lowest BCUT2D eigenvalue weighted by Crippen LogP contribution is -2.46. The van der Waals surface area contributed by atoms with Crippen molar-refractivity contribution in [3.8, 4) is 22.3 Å². The minimum Gasteiger partial charge on any atom is -0.383 e. The number of nitrogens with two attached hydrogens (primary N) is 1. The monoisotopic (exact) mass is 464 g/mol. The molecule has 6 nitrogen and oxygen atoms in total. The van der Waals surface area contributed by atoms with E-state index in [-0.39, 0.29) is 5.82 Å². The number of rotatable bonds is 4. The maximum Gasteiger partial charge on any atom is 0.165 e. The molecule has 0 saturated carbocycles. The van der Waals surface area contributed by atoms with Gasteiger partial charge < -0.3 is 15.5 Å². The van der Waals surface area contributed by atoms with Crippen molar-refractivity contribution in [3.63, 3.8) is 0 Å². The zero-order chi connectivity index (χ0) is 23.1. The van der Waals surface area contributed by atoms with Crippen molar-refractivity contribution in [2.75, 3.05) is 43.4 Å². The molecule has 5 rings (SSSR count). The van der Waals surface area contributed by atoms with Crippen LogP contribution in [0.2, 0.25) is 5.02 Å². The SMILES string of the molecule is CCN1CCN(c2ccc(F)c(-c3cnn4c(N)c(-c5cccc(Cl)c5)c(C)nc34)c2)CC1. The van der Waals surface area contributed by atoms with Gasteiger partial charge in [0.1, 0.15) is 11.6 Å². The number of hydrogen-bond acceptors (Lipinski definition) is 5. The molecular formula is C25H26ClFN6. The fourth-order valence-corrected chi connectivity index (χ4v) is 4.75. The first kappa shape index (κ1) is 21.7. The normalized spacial score (nSPS) is 14.8. The van der Waals surface area contributed by atoms with Gasteiger partial charge in [-0.25, -0.2) is 9.37 Å². The molecule has 1 aliphatic heterocycles. The van der Waals surface area contributed by atoms with Gasteiger partial charge in [-0.05, 0) is 49.4 Å². The molecule has 0 aliphatic carbocycles. The van der Waals surface area contributed by atoms with Crippen LogP contribution in [0.15, 0.2) is 48.7 Å². The number of benzene rings is 2. The third-order valence-electron chi connectivity index (χ3n) is 6.40. The first-order chi connectivity index (χ1) is 16.0. The van der Waals surface area contributed by atoms with Gasteiger partial charge >= 0.3 is 0 Å². The molecular weight excluding hydrogens is 439 g/mol. The fourth-order valence-electron chi connectivity index (χ4n) is 4.56. The lowest BCUT2D eigenvalue weighted by atomic mass is 10.0. The van der Waals surface area contributed by atoms with Crippen molar-refractivity contribution >= 4 is 28.8 Å². The van der Waals surface area contributed by atoms with Gasteiger partial charge in [0.15, 0.2) is 5.65 Å². The van der Waals surface area contributed by atoms with Gasteiger partial charge in [-0.3, -0.25) is 0 Å². The predicted octanol–water partition coefficient (Wildman–Crippen LogP) is 4.89. The summed E-state index contributed by atoms with van der Waals surface area (Å²) >= 11 is 6.18. The van der Waals surface area contributed by atoms with E-state index in [9.17, 15) is 4.39 Å². The highest BCUT2D eigenvalue weighted by molar-refractivity contribution is 6.30. The number of aryl methyl sites for hydroxylation is 1. The summed E-state index contributed by atoms with van der Waals surface area (Å²) < 4.78 is 16.6. The number of aromatic nitrogens is 3. The summed E-state index contributed by atoms with van der Waals surface area (Å²) in [6.07, 6.45) is 1.64. The number of fused-ring (bicyclic) bond motifs is 1. The van der Waals surface area contributed by atoms with E-state index in [1.165, 1.54) is 6.07 Å². The summed E-state index contributed by atoms with van der Waals surface area (Å²) in [5, 5.41) is 5.07. The molecule has 2 aromatic carbocycles. The van der Waals surface area contributed by atoms with E-state index in [2.05, 4.69) is 21.8 Å². The van der Waals surface area contributed by atoms with Crippen LogP contribution in [0.4, 0.5) is 15.9 Å². The Balaban J connectivity index is 1.57. The summed E-state index contributed by atoms with van der Waals surface area (Å²) in [7, 11) is 0. The van der Waals surface area contributed by atoms with E-state index in [0.717, 1.165) is 55.2 Å². The van der Waals surface area contributed by atoms with Crippen molar-refractivity contribution in [3.05, 3.63) is 65.2 Å². The van der Waals surface area contributed by atoms with E-state index < -0.39 is 0 Å². The minimum absolute atomic E-state index is 0.308. The number of nitrogens with zero attached hydrogens (tertiary/aromatic N) is 5. The van der Waals surface area contributed by atoms with Crippen molar-refractivity contribution in [2.45, 2.75) is 13.8 Å². The average molecular weight is 465 g/mol. The third kappa shape index (κ3) is 3.92. The van der Waals surface area contributed by atoms with E-state index >= 15 is 0 Å². The predicted molar refractivity (Wildman–Crippen MR) is 132 cm³/mol. The molecule has 1 fully saturated rings. The molecule has 0 bridgehead atoms. The second-order valence-electron chi connectivity index (χ2n) is 8.35. The van der Waals surface area contributed by atoms with Crippen LogP contribution in [0.1, 0.15) is 12.6 Å². The van der Waals surface area contributed by atoms with E-state index in [1.54, 1.807) is 10.7 Å². The molecule has 1 saturated heterocycles. The van der Waals surface area contributed by atoms with Gasteiger partial charge in [0, 0.05) is 53.6 Å². The first-order valence-corrected chi connectivity index (χ1v) is 11.5. The Bertz CT molecular complexity index is 1330. The van der Waals surface area contributed by atoms with Gasteiger partial charge in [-0.2, -0.15) is 9.61 Å². The Hall–Kier alpha value is -3.16. The van der Waals surface area contributed by atoms with Crippen LogP contribution in [-0.4, -0.2) is 52.2 Å². The van der Waals surface area contributed by atoms with E-state index in [1.807, 2.05) is 43.3 Å². The Labute approximate surface area is 197 Å². The topological polar surface area (TPSA) is 62.7 Å². The number of likely N-dealkylation sites (N-methyl/N-ethyl adjacent to an activating group) is 1. The standard InChI is InChI=1S/C25H26ClFN6/c1-3-31-9-11-32(12-10-31)19-7-8-22(27)20(14-19)21-15-29-33-24(28)23(16(2)30-25(21)33)17-5-4-6-18(26)13-17/h4-8,13-15H,3,9-12,28H2,1-2H3. The highest BCUT2D eigenvalue weighted by atomic mass is 35.5. The molecule has 4 aromatic rings. The molecule has 0 spiro atoms. The zero-order valence-electron chi connectivity index (χ0n) is 18.7. The summed E-state index contributed by atoms with van der Waals surface area (Å²) in [6.45, 7) is 8.96. The Morgan fingerprint density at radius 2 is 1.85 bits per heavy atom. The van der Waals surface area contributed by atoms with E-state index in [4.69, 9.17) is 22.3 Å². The van der Waals surface area contributed by atoms with Gasteiger partial charge in [0.05, 0.1) is 11.9 Å². The highest BCUT2D eigenvalue weighted by Gasteiger charge is 2.21. The van der Waals surface area contributed by atoms with Crippen LogP contribution in [0.25, 0.3) is 27.9 Å². The number of piperazine rings is 1. The average Bonchev–Trinajstić information content (AvgIpc) is 3.23. The molecule has 170 valence electrons. The van der Waals surface area contributed by atoms with Crippen LogP contribution >= 0.6 is 11.6 Å². The van der Waals surface area contributed by atoms with Gasteiger partial charge in [0.25, 0.3) is 0 Å². The number of halogens is 2. The van der Waals surface area contributed by atoms with Crippen molar-refractivity contribution in [2.24, 2.45) is 0 Å². The lowest BCUT2D eigenvalue weighted by molar-refractivity contribution is 0.271. The molecule has 2 N–H and O–H groups in total. The first-order valence-electron chi connectivity index (χ1n) is 11.1. The Morgan fingerprint density at radius 1 is 1.06 bits per heavy atom. The largest absolute Gasteiger partial charge is 0.383 e. The van der Waals surface area contributed by atoms with Gasteiger partial charge in [-0.15, -0.1) is 0 Å². The molecule has 8 heteroatoms. The minimum atomic E-state index is -0.308. The van der Waals surface area contributed by atoms with Crippen molar-refractivity contribution in [1.29, 1.82) is 0 Å². The third-order valence-corrected chi connectivity index (χ3v) is 6.64. The highest BCUT2D eigenvalue weighted by Crippen LogP contribution is 2.35. The van der Waals surface area contributed by atoms with Crippen LogP contribution < -0.4 is 10.6 Å². The maximum absolute atomic E-state index is 15.0. The van der Waals surface area contributed by atoms with Crippen LogP contribution in [0.5, 0.6) is 0 Å². The van der Waals surface area contributed by atoms with Crippen LogP contribution in [0.3, 0.4) is 0 Å². The smallest absolute Gasteiger partial charge is 0.165 e. The summed E-state index contributed by atoms with van der Waals surface area (Å²) in [5.41, 5.74) is 11.5. The summed E-state index contributed by atoms with van der Waals surface area (Å²) in [4.78, 5) is 9.49. The fraction of sp³-hybridized carbons (Fsp3) is 0.280. The van der Waals surface area contributed by atoms with Crippen LogP contribution in [0, 0.1) is 12.7 Å². The summed E-state index contributed by atoms with van der Waals surface area (Å²) in [5.74, 6) is 0.135. The zero-order valence-corrected chi connectivity index (χ0v) is 19.5. The Morgan fingerprint density at radius 3 is 2.58 bits per heavy atom. The molecule has 3 heterocycles. The Kier molecular flexibility index (Phi) is 5.68. The molecule has 33 heavy (non-hydrogen) atoms. The molecule has 0 atom stereocenters. The van der Waals surface area contributed by atoms with Gasteiger partial charge in [0.2, 0.25) is 0 Å². The molecule has 0 unspecified atom stereocenters. The number of nitrogen functional groups attached to an aromatic ring is 1. The second kappa shape index (κ2) is 8.65. The van der Waals surface area contributed by atoms with Crippen molar-refractivity contribution in [1.82, 2.24) is 19.5 Å². The molecule has 0 radical (unpaired) electrons.